The van der Waals surface area contributed by atoms with Crippen LogP contribution in [0, 0.1) is 0 Å². The molecule has 2 heterocycles. The highest BCUT2D eigenvalue weighted by atomic mass is 16.3. The molecule has 5 heteroatoms. The van der Waals surface area contributed by atoms with E-state index in [0.717, 1.165) is 22.3 Å². The summed E-state index contributed by atoms with van der Waals surface area (Å²) in [5, 5.41) is 9.96. The van der Waals surface area contributed by atoms with Gasteiger partial charge in [0.1, 0.15) is 5.60 Å². The first-order valence-corrected chi connectivity index (χ1v) is 6.03. The van der Waals surface area contributed by atoms with Gasteiger partial charge in [-0.3, -0.25) is 0 Å². The van der Waals surface area contributed by atoms with Crippen molar-refractivity contribution in [2.75, 3.05) is 0 Å². The summed E-state index contributed by atoms with van der Waals surface area (Å²) in [6.45, 7) is 3.34. The number of aliphatic hydroxyl groups is 1. The van der Waals surface area contributed by atoms with Gasteiger partial charge in [-0.05, 0) is 32.0 Å². The summed E-state index contributed by atoms with van der Waals surface area (Å²) in [6, 6.07) is 7.71. The average molecular weight is 254 g/mol. The molecule has 3 aromatic rings. The molecule has 2 aromatic heterocycles. The Morgan fingerprint density at radius 3 is 2.79 bits per heavy atom. The molecule has 0 aliphatic rings. The van der Waals surface area contributed by atoms with Crippen LogP contribution in [0.3, 0.4) is 0 Å². The number of aromatic nitrogens is 4. The molecule has 3 rings (SSSR count). The third kappa shape index (κ3) is 2.20. The fraction of sp³-hybridized carbons (Fsp3) is 0.214. The van der Waals surface area contributed by atoms with Crippen molar-refractivity contribution in [1.82, 2.24) is 19.9 Å². The molecule has 0 fully saturated rings. The zero-order valence-corrected chi connectivity index (χ0v) is 10.8. The maximum Gasteiger partial charge on any atom is 0.159 e. The molecule has 5 nitrogen and oxygen atoms in total. The van der Waals surface area contributed by atoms with E-state index in [2.05, 4.69) is 19.9 Å². The standard InChI is InChI=1S/C14H14N4O/c1-14(2,19)13-15-6-5-10(18-13)9-3-4-11-12(7-9)17-8-16-11/h3-8,19H,1-2H3,(H,16,17). The van der Waals surface area contributed by atoms with Gasteiger partial charge in [-0.15, -0.1) is 0 Å². The van der Waals surface area contributed by atoms with Crippen LogP contribution >= 0.6 is 0 Å². The maximum absolute atomic E-state index is 9.96. The van der Waals surface area contributed by atoms with Crippen LogP contribution < -0.4 is 0 Å². The first kappa shape index (κ1) is 11.8. The fourth-order valence-electron chi connectivity index (χ4n) is 1.91. The van der Waals surface area contributed by atoms with Crippen molar-refractivity contribution in [3.8, 4) is 11.3 Å². The number of fused-ring (bicyclic) bond motifs is 1. The lowest BCUT2D eigenvalue weighted by atomic mass is 10.1. The van der Waals surface area contributed by atoms with E-state index in [-0.39, 0.29) is 0 Å². The highest BCUT2D eigenvalue weighted by molar-refractivity contribution is 5.80. The normalized spacial score (nSPS) is 11.9. The van der Waals surface area contributed by atoms with Gasteiger partial charge in [0.25, 0.3) is 0 Å². The Bertz CT molecular complexity index is 727. The third-order valence-corrected chi connectivity index (χ3v) is 2.92. The summed E-state index contributed by atoms with van der Waals surface area (Å²) in [5.74, 6) is 0.412. The van der Waals surface area contributed by atoms with Crippen molar-refractivity contribution in [3.05, 3.63) is 42.6 Å². The smallest absolute Gasteiger partial charge is 0.159 e. The third-order valence-electron chi connectivity index (χ3n) is 2.92. The lowest BCUT2D eigenvalue weighted by molar-refractivity contribution is 0.0688. The molecule has 0 atom stereocenters. The Hall–Kier alpha value is -2.27. The van der Waals surface area contributed by atoms with Gasteiger partial charge >= 0.3 is 0 Å². The summed E-state index contributed by atoms with van der Waals surface area (Å²) >= 11 is 0. The van der Waals surface area contributed by atoms with Crippen LogP contribution in [0.4, 0.5) is 0 Å². The predicted octanol–water partition coefficient (Wildman–Crippen LogP) is 2.25. The van der Waals surface area contributed by atoms with Crippen molar-refractivity contribution in [2.24, 2.45) is 0 Å². The van der Waals surface area contributed by atoms with Gasteiger partial charge in [0, 0.05) is 11.8 Å². The zero-order valence-electron chi connectivity index (χ0n) is 10.8. The first-order valence-electron chi connectivity index (χ1n) is 6.03. The largest absolute Gasteiger partial charge is 0.382 e. The van der Waals surface area contributed by atoms with Gasteiger partial charge in [0.05, 0.1) is 23.1 Å². The number of benzene rings is 1. The van der Waals surface area contributed by atoms with Crippen molar-refractivity contribution in [3.63, 3.8) is 0 Å². The quantitative estimate of drug-likeness (QED) is 0.735. The maximum atomic E-state index is 9.96. The lowest BCUT2D eigenvalue weighted by Crippen LogP contribution is -2.19. The van der Waals surface area contributed by atoms with Crippen LogP contribution in [0.15, 0.2) is 36.8 Å². The molecule has 96 valence electrons. The van der Waals surface area contributed by atoms with Crippen molar-refractivity contribution >= 4 is 11.0 Å². The number of aromatic amines is 1. The molecule has 0 aliphatic heterocycles. The van der Waals surface area contributed by atoms with Crippen molar-refractivity contribution in [1.29, 1.82) is 0 Å². The van der Waals surface area contributed by atoms with E-state index < -0.39 is 5.60 Å². The van der Waals surface area contributed by atoms with Gasteiger partial charge in [-0.1, -0.05) is 6.07 Å². The van der Waals surface area contributed by atoms with Gasteiger partial charge in [-0.25, -0.2) is 15.0 Å². The molecule has 0 aliphatic carbocycles. The monoisotopic (exact) mass is 254 g/mol. The van der Waals surface area contributed by atoms with Crippen LogP contribution in [-0.2, 0) is 5.60 Å². The molecule has 2 N–H and O–H groups in total. The molecule has 0 saturated heterocycles. The van der Waals surface area contributed by atoms with E-state index in [1.54, 1.807) is 26.4 Å². The molecule has 1 aromatic carbocycles. The molecule has 0 bridgehead atoms. The van der Waals surface area contributed by atoms with Gasteiger partial charge in [0.15, 0.2) is 5.82 Å². The van der Waals surface area contributed by atoms with Crippen molar-refractivity contribution in [2.45, 2.75) is 19.4 Å². The molecular formula is C14H14N4O. The highest BCUT2D eigenvalue weighted by Crippen LogP contribution is 2.23. The Kier molecular flexibility index (Phi) is 2.57. The van der Waals surface area contributed by atoms with Crippen LogP contribution in [-0.4, -0.2) is 25.0 Å². The summed E-state index contributed by atoms with van der Waals surface area (Å²) in [5.41, 5.74) is 2.57. The van der Waals surface area contributed by atoms with Crippen LogP contribution in [0.1, 0.15) is 19.7 Å². The van der Waals surface area contributed by atoms with E-state index in [4.69, 9.17) is 0 Å². The van der Waals surface area contributed by atoms with E-state index >= 15 is 0 Å². The summed E-state index contributed by atoms with van der Waals surface area (Å²) < 4.78 is 0. The highest BCUT2D eigenvalue weighted by Gasteiger charge is 2.19. The van der Waals surface area contributed by atoms with Crippen LogP contribution in [0.25, 0.3) is 22.3 Å². The molecule has 19 heavy (non-hydrogen) atoms. The van der Waals surface area contributed by atoms with E-state index in [9.17, 15) is 5.11 Å². The van der Waals surface area contributed by atoms with Crippen molar-refractivity contribution < 1.29 is 5.11 Å². The second kappa shape index (κ2) is 4.13. The summed E-state index contributed by atoms with van der Waals surface area (Å²) in [7, 11) is 0. The lowest BCUT2D eigenvalue weighted by Gasteiger charge is -2.15. The number of H-pyrrole nitrogens is 1. The Morgan fingerprint density at radius 1 is 1.16 bits per heavy atom. The number of hydrogen-bond acceptors (Lipinski definition) is 4. The Morgan fingerprint density at radius 2 is 2.00 bits per heavy atom. The van der Waals surface area contributed by atoms with Gasteiger partial charge in [-0.2, -0.15) is 0 Å². The van der Waals surface area contributed by atoms with Crippen LogP contribution in [0.5, 0.6) is 0 Å². The Balaban J connectivity index is 2.10. The molecule has 0 amide bonds. The number of nitrogens with one attached hydrogen (secondary N) is 1. The van der Waals surface area contributed by atoms with Gasteiger partial charge < -0.3 is 10.1 Å². The summed E-state index contributed by atoms with van der Waals surface area (Å²) in [6.07, 6.45) is 3.32. The first-order chi connectivity index (χ1) is 9.04. The van der Waals surface area contributed by atoms with E-state index in [0.29, 0.717) is 5.82 Å². The number of rotatable bonds is 2. The minimum Gasteiger partial charge on any atom is -0.382 e. The minimum absolute atomic E-state index is 0.412. The second-order valence-corrected chi connectivity index (χ2v) is 4.96. The van der Waals surface area contributed by atoms with Crippen LogP contribution in [0.2, 0.25) is 0 Å². The topological polar surface area (TPSA) is 74.7 Å². The van der Waals surface area contributed by atoms with E-state index in [1.807, 2.05) is 24.3 Å². The average Bonchev–Trinajstić information content (AvgIpc) is 2.85. The number of hydrogen-bond donors (Lipinski definition) is 2. The fourth-order valence-corrected chi connectivity index (χ4v) is 1.91. The SMILES string of the molecule is CC(C)(O)c1nccc(-c2ccc3nc[nH]c3c2)n1. The molecule has 0 spiro atoms. The number of imidazole rings is 1. The zero-order chi connectivity index (χ0) is 13.5. The summed E-state index contributed by atoms with van der Waals surface area (Å²) in [4.78, 5) is 15.8. The molecule has 0 saturated carbocycles. The Labute approximate surface area is 110 Å². The van der Waals surface area contributed by atoms with E-state index in [1.165, 1.54) is 0 Å². The molecule has 0 radical (unpaired) electrons. The minimum atomic E-state index is -1.05. The second-order valence-electron chi connectivity index (χ2n) is 4.96. The predicted molar refractivity (Wildman–Crippen MR) is 72.4 cm³/mol. The van der Waals surface area contributed by atoms with Gasteiger partial charge in [0.2, 0.25) is 0 Å². The molecule has 0 unspecified atom stereocenters. The number of nitrogens with zero attached hydrogens (tertiary/aromatic N) is 3. The molecular weight excluding hydrogens is 240 g/mol.